The predicted octanol–water partition coefficient (Wildman–Crippen LogP) is 2.63. The SMILES string of the molecule is CCN(CC(=O)NS(=O)(=O)c1cc(C)ccc1C)c1ccccc1. The number of carbonyl (C=O) groups excluding carboxylic acids is 1. The van der Waals surface area contributed by atoms with Crippen molar-refractivity contribution in [3.8, 4) is 0 Å². The molecular formula is C18H22N2O3S. The molecule has 2 aromatic carbocycles. The van der Waals surface area contributed by atoms with E-state index >= 15 is 0 Å². The zero-order valence-electron chi connectivity index (χ0n) is 14.1. The Kier molecular flexibility index (Phi) is 5.62. The maximum Gasteiger partial charge on any atom is 0.264 e. The molecule has 1 N–H and O–H groups in total. The van der Waals surface area contributed by atoms with Crippen LogP contribution in [0.15, 0.2) is 53.4 Å². The van der Waals surface area contributed by atoms with Crippen LogP contribution in [0.4, 0.5) is 5.69 Å². The molecule has 0 radical (unpaired) electrons. The van der Waals surface area contributed by atoms with Gasteiger partial charge in [0.2, 0.25) is 0 Å². The molecule has 0 aliphatic carbocycles. The number of sulfonamides is 1. The van der Waals surface area contributed by atoms with E-state index in [-0.39, 0.29) is 11.4 Å². The van der Waals surface area contributed by atoms with Crippen molar-refractivity contribution in [2.45, 2.75) is 25.7 Å². The number of rotatable bonds is 6. The van der Waals surface area contributed by atoms with E-state index in [0.717, 1.165) is 11.3 Å². The van der Waals surface area contributed by atoms with Gasteiger partial charge in [-0.1, -0.05) is 30.3 Å². The van der Waals surface area contributed by atoms with Gasteiger partial charge in [-0.3, -0.25) is 4.79 Å². The van der Waals surface area contributed by atoms with Crippen molar-refractivity contribution >= 4 is 21.6 Å². The van der Waals surface area contributed by atoms with Gasteiger partial charge in [0.15, 0.2) is 0 Å². The summed E-state index contributed by atoms with van der Waals surface area (Å²) in [5.41, 5.74) is 2.31. The van der Waals surface area contributed by atoms with E-state index in [2.05, 4.69) is 4.72 Å². The average Bonchev–Trinajstić information content (AvgIpc) is 2.55. The third kappa shape index (κ3) is 4.35. The monoisotopic (exact) mass is 346 g/mol. The van der Waals surface area contributed by atoms with E-state index in [9.17, 15) is 13.2 Å². The molecule has 0 heterocycles. The van der Waals surface area contributed by atoms with Crippen LogP contribution in [0.1, 0.15) is 18.1 Å². The summed E-state index contributed by atoms with van der Waals surface area (Å²) in [7, 11) is -3.87. The molecule has 24 heavy (non-hydrogen) atoms. The zero-order chi connectivity index (χ0) is 17.7. The molecule has 2 aromatic rings. The number of nitrogens with one attached hydrogen (secondary N) is 1. The van der Waals surface area contributed by atoms with Crippen LogP contribution in [0.5, 0.6) is 0 Å². The minimum absolute atomic E-state index is 0.0232. The first kappa shape index (κ1) is 18.0. The Morgan fingerprint density at radius 1 is 1.08 bits per heavy atom. The largest absolute Gasteiger partial charge is 0.362 e. The summed E-state index contributed by atoms with van der Waals surface area (Å²) in [4.78, 5) is 14.2. The van der Waals surface area contributed by atoms with E-state index in [1.807, 2.05) is 55.1 Å². The molecule has 2 rings (SSSR count). The van der Waals surface area contributed by atoms with E-state index in [0.29, 0.717) is 12.1 Å². The molecule has 0 unspecified atom stereocenters. The summed E-state index contributed by atoms with van der Waals surface area (Å²) in [5.74, 6) is -0.554. The van der Waals surface area contributed by atoms with Gasteiger partial charge in [-0.25, -0.2) is 13.1 Å². The second-order valence-corrected chi connectivity index (χ2v) is 7.30. The normalized spacial score (nSPS) is 11.1. The van der Waals surface area contributed by atoms with Crippen molar-refractivity contribution in [2.24, 2.45) is 0 Å². The Morgan fingerprint density at radius 2 is 1.75 bits per heavy atom. The molecule has 0 bridgehead atoms. The summed E-state index contributed by atoms with van der Waals surface area (Å²) >= 11 is 0. The van der Waals surface area contributed by atoms with Crippen molar-refractivity contribution in [1.82, 2.24) is 4.72 Å². The highest BCUT2D eigenvalue weighted by molar-refractivity contribution is 7.90. The van der Waals surface area contributed by atoms with Crippen LogP contribution in [0.25, 0.3) is 0 Å². The number of hydrogen-bond donors (Lipinski definition) is 1. The Labute approximate surface area is 143 Å². The molecule has 0 atom stereocenters. The lowest BCUT2D eigenvalue weighted by atomic mass is 10.2. The topological polar surface area (TPSA) is 66.5 Å². The van der Waals surface area contributed by atoms with Gasteiger partial charge in [-0.15, -0.1) is 0 Å². The molecule has 0 aliphatic rings. The molecule has 0 aromatic heterocycles. The fourth-order valence-corrected chi connectivity index (χ4v) is 3.74. The first-order chi connectivity index (χ1) is 11.3. The standard InChI is InChI=1S/C18H22N2O3S/c1-4-20(16-8-6-5-7-9-16)13-18(21)19-24(22,23)17-12-14(2)10-11-15(17)3/h5-12H,4,13H2,1-3H3,(H,19,21). The lowest BCUT2D eigenvalue weighted by molar-refractivity contribution is -0.118. The van der Waals surface area contributed by atoms with Crippen LogP contribution in [-0.4, -0.2) is 27.4 Å². The number of amides is 1. The number of para-hydroxylation sites is 1. The molecule has 0 spiro atoms. The Bertz CT molecular complexity index is 817. The van der Waals surface area contributed by atoms with Gasteiger partial charge in [-0.05, 0) is 50.1 Å². The van der Waals surface area contributed by atoms with Crippen molar-refractivity contribution < 1.29 is 13.2 Å². The van der Waals surface area contributed by atoms with Crippen LogP contribution in [-0.2, 0) is 14.8 Å². The van der Waals surface area contributed by atoms with Gasteiger partial charge >= 0.3 is 0 Å². The zero-order valence-corrected chi connectivity index (χ0v) is 14.9. The number of likely N-dealkylation sites (N-methyl/N-ethyl adjacent to an activating group) is 1. The van der Waals surface area contributed by atoms with Crippen molar-refractivity contribution in [3.63, 3.8) is 0 Å². The number of carbonyl (C=O) groups is 1. The fourth-order valence-electron chi connectivity index (χ4n) is 2.43. The van der Waals surface area contributed by atoms with Crippen molar-refractivity contribution in [1.29, 1.82) is 0 Å². The summed E-state index contributed by atoms with van der Waals surface area (Å²) in [6, 6.07) is 14.6. The average molecular weight is 346 g/mol. The number of hydrogen-bond acceptors (Lipinski definition) is 4. The number of aryl methyl sites for hydroxylation is 2. The highest BCUT2D eigenvalue weighted by atomic mass is 32.2. The van der Waals surface area contributed by atoms with Gasteiger partial charge in [0, 0.05) is 12.2 Å². The predicted molar refractivity (Wildman–Crippen MR) is 95.6 cm³/mol. The van der Waals surface area contributed by atoms with Crippen LogP contribution in [0, 0.1) is 13.8 Å². The number of benzene rings is 2. The molecule has 0 saturated heterocycles. The quantitative estimate of drug-likeness (QED) is 0.873. The smallest absolute Gasteiger partial charge is 0.264 e. The molecule has 5 nitrogen and oxygen atoms in total. The Hall–Kier alpha value is -2.34. The highest BCUT2D eigenvalue weighted by Crippen LogP contribution is 2.17. The third-order valence-corrected chi connectivity index (χ3v) is 5.23. The molecule has 0 saturated carbocycles. The van der Waals surface area contributed by atoms with E-state index < -0.39 is 15.9 Å². The lowest BCUT2D eigenvalue weighted by Gasteiger charge is -2.22. The van der Waals surface area contributed by atoms with Crippen molar-refractivity contribution in [2.75, 3.05) is 18.0 Å². The molecule has 0 fully saturated rings. The van der Waals surface area contributed by atoms with E-state index in [1.165, 1.54) is 0 Å². The highest BCUT2D eigenvalue weighted by Gasteiger charge is 2.21. The second-order valence-electron chi connectivity index (χ2n) is 5.65. The van der Waals surface area contributed by atoms with E-state index in [1.54, 1.807) is 19.1 Å². The first-order valence-corrected chi connectivity index (χ1v) is 9.24. The molecular weight excluding hydrogens is 324 g/mol. The number of anilines is 1. The Morgan fingerprint density at radius 3 is 2.38 bits per heavy atom. The van der Waals surface area contributed by atoms with Gasteiger partial charge in [0.1, 0.15) is 0 Å². The van der Waals surface area contributed by atoms with Crippen LogP contribution in [0.3, 0.4) is 0 Å². The Balaban J connectivity index is 2.15. The minimum Gasteiger partial charge on any atom is -0.362 e. The summed E-state index contributed by atoms with van der Waals surface area (Å²) in [6.45, 7) is 6.01. The maximum atomic E-state index is 12.5. The molecule has 128 valence electrons. The van der Waals surface area contributed by atoms with Gasteiger partial charge in [0.05, 0.1) is 11.4 Å². The van der Waals surface area contributed by atoms with E-state index in [4.69, 9.17) is 0 Å². The lowest BCUT2D eigenvalue weighted by Crippen LogP contribution is -2.40. The molecule has 1 amide bonds. The number of nitrogens with zero attached hydrogens (tertiary/aromatic N) is 1. The molecule has 6 heteroatoms. The van der Waals surface area contributed by atoms with Crippen LogP contribution in [0.2, 0.25) is 0 Å². The summed E-state index contributed by atoms with van der Waals surface area (Å²) < 4.78 is 27.1. The van der Waals surface area contributed by atoms with Crippen molar-refractivity contribution in [3.05, 3.63) is 59.7 Å². The summed E-state index contributed by atoms with van der Waals surface area (Å²) in [5, 5.41) is 0. The van der Waals surface area contributed by atoms with Gasteiger partial charge < -0.3 is 4.90 Å². The van der Waals surface area contributed by atoms with Crippen LogP contribution < -0.4 is 9.62 Å². The third-order valence-electron chi connectivity index (χ3n) is 3.72. The second kappa shape index (κ2) is 7.49. The van der Waals surface area contributed by atoms with Gasteiger partial charge in [-0.2, -0.15) is 0 Å². The van der Waals surface area contributed by atoms with Crippen LogP contribution >= 0.6 is 0 Å². The summed E-state index contributed by atoms with van der Waals surface area (Å²) in [6.07, 6.45) is 0. The maximum absolute atomic E-state index is 12.5. The molecule has 0 aliphatic heterocycles. The first-order valence-electron chi connectivity index (χ1n) is 7.76. The minimum atomic E-state index is -3.87. The fraction of sp³-hybridized carbons (Fsp3) is 0.278. The van der Waals surface area contributed by atoms with Gasteiger partial charge in [0.25, 0.3) is 15.9 Å².